The van der Waals surface area contributed by atoms with Crippen molar-refractivity contribution in [1.82, 2.24) is 4.98 Å². The molecule has 1 aliphatic heterocycles. The Labute approximate surface area is 99.1 Å². The van der Waals surface area contributed by atoms with E-state index in [2.05, 4.69) is 4.98 Å². The summed E-state index contributed by atoms with van der Waals surface area (Å²) in [4.78, 5) is 28.3. The fourth-order valence-electron chi connectivity index (χ4n) is 2.21. The average Bonchev–Trinajstić information content (AvgIpc) is 2.61. The lowest BCUT2D eigenvalue weighted by atomic mass is 10.1. The van der Waals surface area contributed by atoms with Crippen molar-refractivity contribution in [2.24, 2.45) is 5.92 Å². The third kappa shape index (κ3) is 2.00. The van der Waals surface area contributed by atoms with Crippen LogP contribution in [0.4, 0.5) is 5.69 Å². The minimum atomic E-state index is -0.912. The van der Waals surface area contributed by atoms with Gasteiger partial charge in [0.1, 0.15) is 0 Å². The molecule has 1 aliphatic rings. The Kier molecular flexibility index (Phi) is 2.83. The Hall–Kier alpha value is -1.91. The zero-order chi connectivity index (χ0) is 12.6. The Morgan fingerprint density at radius 2 is 2.00 bits per heavy atom. The quantitative estimate of drug-likeness (QED) is 0.832. The average molecular weight is 234 g/mol. The highest BCUT2D eigenvalue weighted by Crippen LogP contribution is 2.30. The van der Waals surface area contributed by atoms with Gasteiger partial charge in [-0.3, -0.25) is 14.6 Å². The number of hydrogen-bond acceptors (Lipinski definition) is 3. The van der Waals surface area contributed by atoms with Gasteiger partial charge in [0.05, 0.1) is 11.6 Å². The smallest absolute Gasteiger partial charge is 0.308 e. The van der Waals surface area contributed by atoms with Crippen LogP contribution in [0.5, 0.6) is 0 Å². The molecule has 0 bridgehead atoms. The summed E-state index contributed by atoms with van der Waals surface area (Å²) >= 11 is 0. The van der Waals surface area contributed by atoms with Crippen LogP contribution in [-0.4, -0.2) is 28.5 Å². The Balaban J connectivity index is 2.35. The third-order valence-electron chi connectivity index (χ3n) is 3.03. The number of aliphatic carboxylic acids is 1. The van der Waals surface area contributed by atoms with Crippen molar-refractivity contribution in [2.75, 3.05) is 11.4 Å². The van der Waals surface area contributed by atoms with E-state index in [1.54, 1.807) is 17.3 Å². The molecular formula is C12H14N2O3. The number of anilines is 1. The highest BCUT2D eigenvalue weighted by Gasteiger charge is 2.36. The Morgan fingerprint density at radius 3 is 2.47 bits per heavy atom. The fraction of sp³-hybridized carbons (Fsp3) is 0.417. The van der Waals surface area contributed by atoms with Crippen molar-refractivity contribution in [2.45, 2.75) is 20.3 Å². The molecule has 1 unspecified atom stereocenters. The molecule has 5 nitrogen and oxygen atoms in total. The van der Waals surface area contributed by atoms with E-state index in [0.717, 1.165) is 16.8 Å². The van der Waals surface area contributed by atoms with E-state index in [4.69, 9.17) is 5.11 Å². The summed E-state index contributed by atoms with van der Waals surface area (Å²) in [7, 11) is 0. The molecule has 17 heavy (non-hydrogen) atoms. The molecule has 1 atom stereocenters. The number of carbonyl (C=O) groups is 2. The number of carboxylic acid groups (broad SMARTS) is 1. The highest BCUT2D eigenvalue weighted by molar-refractivity contribution is 6.00. The summed E-state index contributed by atoms with van der Waals surface area (Å²) in [5.74, 6) is -1.64. The molecule has 90 valence electrons. The first-order valence-corrected chi connectivity index (χ1v) is 5.45. The van der Waals surface area contributed by atoms with Gasteiger partial charge in [-0.25, -0.2) is 0 Å². The van der Waals surface area contributed by atoms with Crippen LogP contribution >= 0.6 is 0 Å². The lowest BCUT2D eigenvalue weighted by molar-refractivity contribution is -0.141. The van der Waals surface area contributed by atoms with Gasteiger partial charge in [0.15, 0.2) is 0 Å². The number of carboxylic acids is 1. The molecule has 1 fully saturated rings. The molecular weight excluding hydrogens is 220 g/mol. The van der Waals surface area contributed by atoms with Crippen LogP contribution in [0.1, 0.15) is 17.5 Å². The van der Waals surface area contributed by atoms with Crippen LogP contribution < -0.4 is 4.90 Å². The number of rotatable bonds is 2. The second-order valence-corrected chi connectivity index (χ2v) is 4.37. The van der Waals surface area contributed by atoms with Crippen LogP contribution in [0, 0.1) is 19.8 Å². The van der Waals surface area contributed by atoms with Gasteiger partial charge in [-0.2, -0.15) is 0 Å². The number of amides is 1. The van der Waals surface area contributed by atoms with Gasteiger partial charge >= 0.3 is 5.97 Å². The normalized spacial score (nSPS) is 19.8. The van der Waals surface area contributed by atoms with E-state index in [9.17, 15) is 9.59 Å². The molecule has 5 heteroatoms. The number of aryl methyl sites for hydroxylation is 2. The number of aromatic nitrogens is 1. The predicted molar refractivity (Wildman–Crippen MR) is 61.8 cm³/mol. The van der Waals surface area contributed by atoms with Gasteiger partial charge in [-0.1, -0.05) is 0 Å². The molecule has 0 spiro atoms. The van der Waals surface area contributed by atoms with E-state index < -0.39 is 11.9 Å². The first kappa shape index (κ1) is 11.6. The van der Waals surface area contributed by atoms with Gasteiger partial charge in [0, 0.05) is 25.4 Å². The van der Waals surface area contributed by atoms with Crippen LogP contribution in [-0.2, 0) is 9.59 Å². The molecule has 0 aliphatic carbocycles. The second-order valence-electron chi connectivity index (χ2n) is 4.37. The predicted octanol–water partition coefficient (Wildman–Crippen LogP) is 1.14. The lowest BCUT2D eigenvalue weighted by Gasteiger charge is -2.20. The summed E-state index contributed by atoms with van der Waals surface area (Å²) in [5, 5.41) is 8.94. The highest BCUT2D eigenvalue weighted by atomic mass is 16.4. The SMILES string of the molecule is Cc1cncc(C)c1N1CC(C(=O)O)CC1=O. The van der Waals surface area contributed by atoms with Crippen molar-refractivity contribution >= 4 is 17.6 Å². The lowest BCUT2D eigenvalue weighted by Crippen LogP contribution is -2.27. The molecule has 1 aromatic heterocycles. The monoisotopic (exact) mass is 234 g/mol. The minimum absolute atomic E-state index is 0.0799. The van der Waals surface area contributed by atoms with Crippen molar-refractivity contribution in [3.8, 4) is 0 Å². The molecule has 1 N–H and O–H groups in total. The first-order valence-electron chi connectivity index (χ1n) is 5.45. The van der Waals surface area contributed by atoms with Gasteiger partial charge < -0.3 is 10.0 Å². The number of nitrogens with zero attached hydrogens (tertiary/aromatic N) is 2. The number of pyridine rings is 1. The third-order valence-corrected chi connectivity index (χ3v) is 3.03. The Morgan fingerprint density at radius 1 is 1.41 bits per heavy atom. The van der Waals surface area contributed by atoms with E-state index >= 15 is 0 Å². The maximum Gasteiger partial charge on any atom is 0.308 e. The first-order chi connectivity index (χ1) is 8.00. The zero-order valence-electron chi connectivity index (χ0n) is 9.80. The summed E-state index contributed by atoms with van der Waals surface area (Å²) in [6.45, 7) is 3.99. The van der Waals surface area contributed by atoms with E-state index in [0.29, 0.717) is 0 Å². The van der Waals surface area contributed by atoms with Gasteiger partial charge in [-0.05, 0) is 25.0 Å². The van der Waals surface area contributed by atoms with Crippen LogP contribution in [0.2, 0.25) is 0 Å². The number of hydrogen-bond donors (Lipinski definition) is 1. The molecule has 0 saturated carbocycles. The van der Waals surface area contributed by atoms with Crippen LogP contribution in [0.3, 0.4) is 0 Å². The molecule has 1 saturated heterocycles. The standard InChI is InChI=1S/C12H14N2O3/c1-7-4-13-5-8(2)11(7)14-6-9(12(16)17)3-10(14)15/h4-5,9H,3,6H2,1-2H3,(H,16,17). The van der Waals surface area contributed by atoms with Crippen LogP contribution in [0.15, 0.2) is 12.4 Å². The van der Waals surface area contributed by atoms with Gasteiger partial charge in [0.2, 0.25) is 5.91 Å². The largest absolute Gasteiger partial charge is 0.481 e. The second kappa shape index (κ2) is 4.16. The molecule has 1 amide bonds. The van der Waals surface area contributed by atoms with Crippen molar-refractivity contribution < 1.29 is 14.7 Å². The van der Waals surface area contributed by atoms with Crippen LogP contribution in [0.25, 0.3) is 0 Å². The zero-order valence-corrected chi connectivity index (χ0v) is 9.80. The molecule has 1 aromatic rings. The van der Waals surface area contributed by atoms with Gasteiger partial charge in [0.25, 0.3) is 0 Å². The summed E-state index contributed by atoms with van der Waals surface area (Å²) in [6.07, 6.45) is 3.45. The summed E-state index contributed by atoms with van der Waals surface area (Å²) in [5.41, 5.74) is 2.59. The molecule has 2 rings (SSSR count). The Bertz CT molecular complexity index is 464. The van der Waals surface area contributed by atoms with Crippen molar-refractivity contribution in [1.29, 1.82) is 0 Å². The maximum absolute atomic E-state index is 11.8. The van der Waals surface area contributed by atoms with E-state index in [1.165, 1.54) is 0 Å². The molecule has 2 heterocycles. The topological polar surface area (TPSA) is 70.5 Å². The summed E-state index contributed by atoms with van der Waals surface area (Å²) in [6, 6.07) is 0. The molecule has 0 aromatic carbocycles. The van der Waals surface area contributed by atoms with Crippen molar-refractivity contribution in [3.05, 3.63) is 23.5 Å². The van der Waals surface area contributed by atoms with E-state index in [-0.39, 0.29) is 18.9 Å². The van der Waals surface area contributed by atoms with E-state index in [1.807, 2.05) is 13.8 Å². The van der Waals surface area contributed by atoms with Gasteiger partial charge in [-0.15, -0.1) is 0 Å². The van der Waals surface area contributed by atoms with Crippen molar-refractivity contribution in [3.63, 3.8) is 0 Å². The fourth-order valence-corrected chi connectivity index (χ4v) is 2.21. The number of carbonyl (C=O) groups excluding carboxylic acids is 1. The minimum Gasteiger partial charge on any atom is -0.481 e. The summed E-state index contributed by atoms with van der Waals surface area (Å²) < 4.78 is 0. The molecule has 0 radical (unpaired) electrons. The maximum atomic E-state index is 11.8.